The Bertz CT molecular complexity index is 830. The van der Waals surface area contributed by atoms with Crippen molar-refractivity contribution < 1.29 is 9.16 Å². The van der Waals surface area contributed by atoms with E-state index in [2.05, 4.69) is 99.8 Å². The second-order valence-corrected chi connectivity index (χ2v) is 14.6. The molecule has 3 nitrogen and oxygen atoms in total. The molecule has 1 unspecified atom stereocenters. The predicted molar refractivity (Wildman–Crippen MR) is 121 cm³/mol. The number of hydrogen-bond acceptors (Lipinski definition) is 3. The fourth-order valence-corrected chi connectivity index (χ4v) is 5.14. The zero-order chi connectivity index (χ0) is 20.6. The lowest BCUT2D eigenvalue weighted by atomic mass is 9.89. The average molecular weight is 409 g/mol. The van der Waals surface area contributed by atoms with Crippen molar-refractivity contribution in [2.45, 2.75) is 63.6 Å². The quantitative estimate of drug-likeness (QED) is 0.574. The standard InChI is InChI=1S/C25H34NO2Si/c1-25(2,3)29(4,5)28-16-15-21-17-20-13-9-10-14-22(20)24-26(21)23(18-27-24)19-11-7-6-8-12-19/h6-15,21,23-24H,16-18H2,1-5H3/t21-,23-,24?/m1/s1. The lowest BCUT2D eigenvalue weighted by Gasteiger charge is -2.42. The summed E-state index contributed by atoms with van der Waals surface area (Å²) in [6.07, 6.45) is 3.42. The minimum absolute atomic E-state index is 0.0271. The highest BCUT2D eigenvalue weighted by molar-refractivity contribution is 6.74. The average Bonchev–Trinajstić information content (AvgIpc) is 3.13. The third-order valence-corrected chi connectivity index (χ3v) is 11.5. The van der Waals surface area contributed by atoms with Crippen molar-refractivity contribution in [1.82, 2.24) is 4.90 Å². The second-order valence-electron chi connectivity index (χ2n) is 9.84. The van der Waals surface area contributed by atoms with Crippen LogP contribution in [0.1, 0.15) is 49.7 Å². The van der Waals surface area contributed by atoms with Crippen molar-refractivity contribution in [3.8, 4) is 0 Å². The fraction of sp³-hybridized carbons (Fsp3) is 0.480. The molecule has 0 spiro atoms. The minimum Gasteiger partial charge on any atom is -0.416 e. The smallest absolute Gasteiger partial charge is 0.191 e. The Morgan fingerprint density at radius 1 is 1.07 bits per heavy atom. The van der Waals surface area contributed by atoms with Gasteiger partial charge >= 0.3 is 0 Å². The van der Waals surface area contributed by atoms with Gasteiger partial charge in [-0.3, -0.25) is 4.90 Å². The number of nitrogens with zero attached hydrogens (tertiary/aromatic N) is 1. The molecule has 0 N–H and O–H groups in total. The summed E-state index contributed by atoms with van der Waals surface area (Å²) in [5.41, 5.74) is 4.05. The van der Waals surface area contributed by atoms with Crippen molar-refractivity contribution in [1.29, 1.82) is 0 Å². The Hall–Kier alpha value is -1.46. The van der Waals surface area contributed by atoms with Crippen molar-refractivity contribution in [2.75, 3.05) is 13.2 Å². The maximum atomic E-state index is 6.49. The molecular formula is C25H34NO2Si. The Morgan fingerprint density at radius 2 is 1.76 bits per heavy atom. The van der Waals surface area contributed by atoms with E-state index in [1.807, 2.05) is 0 Å². The zero-order valence-electron chi connectivity index (χ0n) is 18.4. The first kappa shape index (κ1) is 20.8. The fourth-order valence-electron chi connectivity index (χ4n) is 4.20. The normalized spacial score (nSPS) is 24.9. The highest BCUT2D eigenvalue weighted by Gasteiger charge is 2.45. The van der Waals surface area contributed by atoms with Crippen molar-refractivity contribution in [3.63, 3.8) is 0 Å². The monoisotopic (exact) mass is 408 g/mol. The van der Waals surface area contributed by atoms with Crippen LogP contribution < -0.4 is 0 Å². The van der Waals surface area contributed by atoms with E-state index >= 15 is 0 Å². The minimum atomic E-state index is -1.76. The first-order valence-corrected chi connectivity index (χ1v) is 13.7. The molecule has 155 valence electrons. The van der Waals surface area contributed by atoms with Gasteiger partial charge in [-0.15, -0.1) is 0 Å². The summed E-state index contributed by atoms with van der Waals surface area (Å²) < 4.78 is 12.8. The van der Waals surface area contributed by atoms with E-state index in [0.717, 1.165) is 13.0 Å². The van der Waals surface area contributed by atoms with Gasteiger partial charge in [-0.25, -0.2) is 0 Å². The van der Waals surface area contributed by atoms with Gasteiger partial charge in [0, 0.05) is 19.1 Å². The van der Waals surface area contributed by atoms with E-state index in [1.165, 1.54) is 16.7 Å². The van der Waals surface area contributed by atoms with Crippen LogP contribution in [0.4, 0.5) is 0 Å². The third-order valence-electron chi connectivity index (χ3n) is 6.98. The summed E-state index contributed by atoms with van der Waals surface area (Å²) >= 11 is 0. The van der Waals surface area contributed by atoms with Crippen LogP contribution >= 0.6 is 0 Å². The molecule has 0 bridgehead atoms. The summed E-state index contributed by atoms with van der Waals surface area (Å²) in [7, 11) is -1.76. The van der Waals surface area contributed by atoms with Gasteiger partial charge in [-0.1, -0.05) is 75.4 Å². The van der Waals surface area contributed by atoms with E-state index in [0.29, 0.717) is 12.6 Å². The molecule has 2 aromatic carbocycles. The molecule has 29 heavy (non-hydrogen) atoms. The molecule has 1 saturated heterocycles. The molecule has 4 rings (SSSR count). The van der Waals surface area contributed by atoms with E-state index in [-0.39, 0.29) is 17.3 Å². The van der Waals surface area contributed by atoms with Gasteiger partial charge < -0.3 is 9.16 Å². The Kier molecular flexibility index (Phi) is 5.73. The molecule has 0 aliphatic carbocycles. The van der Waals surface area contributed by atoms with Gasteiger partial charge in [0.05, 0.1) is 12.6 Å². The molecule has 0 aromatic heterocycles. The van der Waals surface area contributed by atoms with E-state index < -0.39 is 8.32 Å². The lowest BCUT2D eigenvalue weighted by Crippen LogP contribution is -2.45. The highest BCUT2D eigenvalue weighted by Crippen LogP contribution is 2.46. The second kappa shape index (κ2) is 7.99. The largest absolute Gasteiger partial charge is 0.416 e. The highest BCUT2D eigenvalue weighted by atomic mass is 28.4. The summed E-state index contributed by atoms with van der Waals surface area (Å²) in [5, 5.41) is 0.228. The predicted octanol–water partition coefficient (Wildman–Crippen LogP) is 5.91. The number of ether oxygens (including phenoxy) is 1. The number of hydrogen-bond donors (Lipinski definition) is 0. The topological polar surface area (TPSA) is 21.7 Å². The molecule has 0 saturated carbocycles. The lowest BCUT2D eigenvalue weighted by molar-refractivity contribution is -0.000143. The van der Waals surface area contributed by atoms with Crippen LogP contribution in [0.15, 0.2) is 54.6 Å². The zero-order valence-corrected chi connectivity index (χ0v) is 19.4. The molecule has 2 aromatic rings. The first-order chi connectivity index (χ1) is 13.8. The van der Waals surface area contributed by atoms with Gasteiger partial charge in [-0.05, 0) is 41.2 Å². The third kappa shape index (κ3) is 4.09. The van der Waals surface area contributed by atoms with E-state index in [1.54, 1.807) is 0 Å². The van der Waals surface area contributed by atoms with Crippen molar-refractivity contribution in [3.05, 3.63) is 77.7 Å². The molecular weight excluding hydrogens is 374 g/mol. The Labute approximate surface area is 177 Å². The summed E-state index contributed by atoms with van der Waals surface area (Å²) in [6.45, 7) is 13.0. The molecule has 2 aliphatic rings. The van der Waals surface area contributed by atoms with Gasteiger partial charge in [0.2, 0.25) is 0 Å². The van der Waals surface area contributed by atoms with Crippen molar-refractivity contribution in [2.24, 2.45) is 0 Å². The molecule has 1 radical (unpaired) electrons. The van der Waals surface area contributed by atoms with Crippen LogP contribution in [-0.4, -0.2) is 32.5 Å². The van der Waals surface area contributed by atoms with Crippen LogP contribution in [0.3, 0.4) is 0 Å². The van der Waals surface area contributed by atoms with Gasteiger partial charge in [0.15, 0.2) is 8.32 Å². The molecule has 2 aliphatic heterocycles. The van der Waals surface area contributed by atoms with Gasteiger partial charge in [0.1, 0.15) is 6.23 Å². The SMILES string of the molecule is CC(C)(C)[Si](C)(C)OC[CH][C@@H]1Cc2ccccc2C2OC[C@H](c3ccccc3)N21. The van der Waals surface area contributed by atoms with Crippen molar-refractivity contribution >= 4 is 8.32 Å². The number of fused-ring (bicyclic) bond motifs is 3. The molecule has 1 fully saturated rings. The molecule has 0 amide bonds. The summed E-state index contributed by atoms with van der Waals surface area (Å²) in [6, 6.07) is 20.1. The summed E-state index contributed by atoms with van der Waals surface area (Å²) in [4.78, 5) is 2.56. The number of benzene rings is 2. The van der Waals surface area contributed by atoms with Gasteiger partial charge in [-0.2, -0.15) is 0 Å². The maximum absolute atomic E-state index is 6.49. The van der Waals surface area contributed by atoms with Crippen LogP contribution in [0, 0.1) is 6.42 Å². The van der Waals surface area contributed by atoms with E-state index in [9.17, 15) is 0 Å². The van der Waals surface area contributed by atoms with Crippen LogP contribution in [0.2, 0.25) is 18.1 Å². The maximum Gasteiger partial charge on any atom is 0.191 e. The first-order valence-electron chi connectivity index (χ1n) is 10.8. The molecule has 4 heteroatoms. The van der Waals surface area contributed by atoms with E-state index in [4.69, 9.17) is 9.16 Å². The van der Waals surface area contributed by atoms with Crippen LogP contribution in [0.5, 0.6) is 0 Å². The van der Waals surface area contributed by atoms with Crippen LogP contribution in [0.25, 0.3) is 0 Å². The number of rotatable bonds is 5. The molecule has 3 atom stereocenters. The Balaban J connectivity index is 1.56. The summed E-state index contributed by atoms with van der Waals surface area (Å²) in [5.74, 6) is 0. The Morgan fingerprint density at radius 3 is 2.48 bits per heavy atom. The molecule has 2 heterocycles. The van der Waals surface area contributed by atoms with Crippen LogP contribution in [-0.2, 0) is 15.6 Å². The van der Waals surface area contributed by atoms with Gasteiger partial charge in [0.25, 0.3) is 0 Å².